The van der Waals surface area contributed by atoms with Crippen LogP contribution in [0.3, 0.4) is 0 Å². The first-order valence-corrected chi connectivity index (χ1v) is 5.71. The van der Waals surface area contributed by atoms with Crippen molar-refractivity contribution in [2.45, 2.75) is 45.4 Å². The maximum Gasteiger partial charge on any atom is 0.119 e. The van der Waals surface area contributed by atoms with E-state index in [0.717, 1.165) is 5.75 Å². The van der Waals surface area contributed by atoms with Crippen LogP contribution in [-0.2, 0) is 0 Å². The van der Waals surface area contributed by atoms with Gasteiger partial charge in [0.1, 0.15) is 11.9 Å². The Labute approximate surface area is 97.2 Å². The molecular weight excluding hydrogens is 202 g/mol. The van der Waals surface area contributed by atoms with Crippen molar-refractivity contribution in [2.24, 2.45) is 5.73 Å². The summed E-state index contributed by atoms with van der Waals surface area (Å²) in [5.74, 6) is 0.789. The maximum absolute atomic E-state index is 9.61. The van der Waals surface area contributed by atoms with E-state index in [2.05, 4.69) is 0 Å². The number of aliphatic hydroxyl groups excluding tert-OH is 1. The summed E-state index contributed by atoms with van der Waals surface area (Å²) in [5, 5.41) is 9.61. The zero-order valence-corrected chi connectivity index (χ0v) is 10.2. The summed E-state index contributed by atoms with van der Waals surface area (Å²) in [4.78, 5) is 0. The van der Waals surface area contributed by atoms with Gasteiger partial charge < -0.3 is 15.6 Å². The first-order chi connectivity index (χ1) is 7.54. The minimum Gasteiger partial charge on any atom is -0.489 e. The molecule has 3 N–H and O–H groups in total. The van der Waals surface area contributed by atoms with Gasteiger partial charge in [0, 0.05) is 0 Å². The quantitative estimate of drug-likeness (QED) is 0.801. The van der Waals surface area contributed by atoms with Crippen molar-refractivity contribution in [1.29, 1.82) is 0 Å². The van der Waals surface area contributed by atoms with Gasteiger partial charge in [-0.2, -0.15) is 0 Å². The molecule has 0 aromatic heterocycles. The van der Waals surface area contributed by atoms with Gasteiger partial charge in [0.25, 0.3) is 0 Å². The first kappa shape index (κ1) is 13.0. The Balaban J connectivity index is 2.56. The second kappa shape index (κ2) is 5.87. The maximum atomic E-state index is 9.61. The lowest BCUT2D eigenvalue weighted by molar-refractivity contribution is 0.0752. The minimum absolute atomic E-state index is 0.197. The molecule has 0 aliphatic carbocycles. The fraction of sp³-hybridized carbons (Fsp3) is 0.538. The molecule has 3 atom stereocenters. The molecule has 3 unspecified atom stereocenters. The van der Waals surface area contributed by atoms with Crippen molar-refractivity contribution < 1.29 is 9.84 Å². The average Bonchev–Trinajstić information content (AvgIpc) is 2.30. The molecule has 1 aromatic carbocycles. The molecule has 0 heterocycles. The topological polar surface area (TPSA) is 55.5 Å². The van der Waals surface area contributed by atoms with Crippen LogP contribution in [0.4, 0.5) is 0 Å². The lowest BCUT2D eigenvalue weighted by Gasteiger charge is -2.25. The van der Waals surface area contributed by atoms with E-state index in [1.54, 1.807) is 0 Å². The number of aryl methyl sites for hydroxylation is 1. The van der Waals surface area contributed by atoms with Crippen molar-refractivity contribution in [3.8, 4) is 5.75 Å². The molecule has 1 aromatic rings. The normalized spacial score (nSPS) is 16.6. The molecule has 0 saturated heterocycles. The Morgan fingerprint density at radius 1 is 1.31 bits per heavy atom. The van der Waals surface area contributed by atoms with Gasteiger partial charge in [-0.25, -0.2) is 0 Å². The van der Waals surface area contributed by atoms with E-state index in [-0.39, 0.29) is 12.1 Å². The Hall–Kier alpha value is -1.06. The number of ether oxygens (including phenoxy) is 1. The van der Waals surface area contributed by atoms with E-state index in [1.807, 2.05) is 45.0 Å². The monoisotopic (exact) mass is 223 g/mol. The molecule has 0 amide bonds. The van der Waals surface area contributed by atoms with Crippen LogP contribution in [0.1, 0.15) is 25.8 Å². The Morgan fingerprint density at radius 3 is 2.38 bits per heavy atom. The van der Waals surface area contributed by atoms with Gasteiger partial charge in [0.15, 0.2) is 0 Å². The van der Waals surface area contributed by atoms with Crippen molar-refractivity contribution in [1.82, 2.24) is 0 Å². The van der Waals surface area contributed by atoms with Crippen molar-refractivity contribution in [2.75, 3.05) is 0 Å². The predicted octanol–water partition coefficient (Wildman–Crippen LogP) is 1.86. The highest BCUT2D eigenvalue weighted by Crippen LogP contribution is 2.15. The lowest BCUT2D eigenvalue weighted by Crippen LogP contribution is -2.45. The highest BCUT2D eigenvalue weighted by molar-refractivity contribution is 5.26. The average molecular weight is 223 g/mol. The van der Waals surface area contributed by atoms with Crippen LogP contribution in [0.15, 0.2) is 24.3 Å². The second-order valence-electron chi connectivity index (χ2n) is 4.19. The van der Waals surface area contributed by atoms with Crippen LogP contribution in [-0.4, -0.2) is 23.4 Å². The third kappa shape index (κ3) is 3.51. The summed E-state index contributed by atoms with van der Waals surface area (Å²) in [6.45, 7) is 5.81. The minimum atomic E-state index is -0.513. The first-order valence-electron chi connectivity index (χ1n) is 5.71. The zero-order valence-electron chi connectivity index (χ0n) is 10.2. The molecule has 0 fully saturated rings. The highest BCUT2D eigenvalue weighted by Gasteiger charge is 2.21. The van der Waals surface area contributed by atoms with Gasteiger partial charge in [-0.1, -0.05) is 24.6 Å². The van der Waals surface area contributed by atoms with Crippen LogP contribution in [0.5, 0.6) is 5.75 Å². The van der Waals surface area contributed by atoms with Gasteiger partial charge in [0.05, 0.1) is 12.1 Å². The molecule has 0 aliphatic rings. The van der Waals surface area contributed by atoms with Crippen molar-refractivity contribution >= 4 is 0 Å². The molecule has 0 aliphatic heterocycles. The SMILES string of the molecule is CCC(O)C(N)C(C)Oc1ccc(C)cc1. The second-order valence-corrected chi connectivity index (χ2v) is 4.19. The predicted molar refractivity (Wildman–Crippen MR) is 65.5 cm³/mol. The van der Waals surface area contributed by atoms with E-state index in [1.165, 1.54) is 5.56 Å². The Bertz CT molecular complexity index is 310. The van der Waals surface area contributed by atoms with E-state index >= 15 is 0 Å². The van der Waals surface area contributed by atoms with Crippen LogP contribution in [0, 0.1) is 6.92 Å². The van der Waals surface area contributed by atoms with Gasteiger partial charge >= 0.3 is 0 Å². The molecular formula is C13H21NO2. The molecule has 0 radical (unpaired) electrons. The lowest BCUT2D eigenvalue weighted by atomic mass is 10.1. The van der Waals surface area contributed by atoms with Gasteiger partial charge in [-0.3, -0.25) is 0 Å². The van der Waals surface area contributed by atoms with Crippen LogP contribution >= 0.6 is 0 Å². The summed E-state index contributed by atoms with van der Waals surface area (Å²) in [6.07, 6.45) is -0.0685. The molecule has 0 saturated carbocycles. The Kier molecular flexibility index (Phi) is 4.77. The number of hydrogen-bond acceptors (Lipinski definition) is 3. The zero-order chi connectivity index (χ0) is 12.1. The fourth-order valence-electron chi connectivity index (χ4n) is 1.50. The molecule has 3 nitrogen and oxygen atoms in total. The smallest absolute Gasteiger partial charge is 0.119 e. The van der Waals surface area contributed by atoms with E-state index in [0.29, 0.717) is 6.42 Å². The third-order valence-corrected chi connectivity index (χ3v) is 2.75. The Morgan fingerprint density at radius 2 is 1.88 bits per heavy atom. The van der Waals surface area contributed by atoms with Gasteiger partial charge in [-0.15, -0.1) is 0 Å². The summed E-state index contributed by atoms with van der Waals surface area (Å²) >= 11 is 0. The van der Waals surface area contributed by atoms with Gasteiger partial charge in [0.2, 0.25) is 0 Å². The summed E-state index contributed by atoms with van der Waals surface area (Å²) in [5.41, 5.74) is 7.07. The summed E-state index contributed by atoms with van der Waals surface area (Å²) in [7, 11) is 0. The van der Waals surface area contributed by atoms with Crippen molar-refractivity contribution in [3.05, 3.63) is 29.8 Å². The van der Waals surface area contributed by atoms with E-state index in [9.17, 15) is 5.11 Å². The largest absolute Gasteiger partial charge is 0.489 e. The van der Waals surface area contributed by atoms with Crippen LogP contribution in [0.2, 0.25) is 0 Å². The van der Waals surface area contributed by atoms with Gasteiger partial charge in [-0.05, 0) is 32.4 Å². The molecule has 0 bridgehead atoms. The summed E-state index contributed by atoms with van der Waals surface area (Å²) < 4.78 is 5.67. The molecule has 1 rings (SSSR count). The third-order valence-electron chi connectivity index (χ3n) is 2.75. The van der Waals surface area contributed by atoms with Crippen LogP contribution in [0.25, 0.3) is 0 Å². The number of nitrogens with two attached hydrogens (primary N) is 1. The highest BCUT2D eigenvalue weighted by atomic mass is 16.5. The van der Waals surface area contributed by atoms with Crippen LogP contribution < -0.4 is 10.5 Å². The fourth-order valence-corrected chi connectivity index (χ4v) is 1.50. The van der Waals surface area contributed by atoms with E-state index in [4.69, 9.17) is 10.5 Å². The number of hydrogen-bond donors (Lipinski definition) is 2. The van der Waals surface area contributed by atoms with E-state index < -0.39 is 6.10 Å². The summed E-state index contributed by atoms with van der Waals surface area (Å²) in [6, 6.07) is 7.45. The molecule has 0 spiro atoms. The number of benzene rings is 1. The number of rotatable bonds is 5. The number of aliphatic hydroxyl groups is 1. The molecule has 3 heteroatoms. The van der Waals surface area contributed by atoms with Crippen molar-refractivity contribution in [3.63, 3.8) is 0 Å². The molecule has 16 heavy (non-hydrogen) atoms. The standard InChI is InChI=1S/C13H21NO2/c1-4-12(15)13(14)10(3)16-11-7-5-9(2)6-8-11/h5-8,10,12-13,15H,4,14H2,1-3H3. The molecule has 90 valence electrons.